The summed E-state index contributed by atoms with van der Waals surface area (Å²) in [6.45, 7) is 1.94. The summed E-state index contributed by atoms with van der Waals surface area (Å²) in [6, 6.07) is 12.7. The van der Waals surface area contributed by atoms with Crippen molar-refractivity contribution in [1.82, 2.24) is 4.98 Å². The van der Waals surface area contributed by atoms with Gasteiger partial charge >= 0.3 is 5.95 Å². The second-order valence-electron chi connectivity index (χ2n) is 5.10. The molecular weight excluding hydrogens is 286 g/mol. The molecular formula is C16H16ClN3O. The van der Waals surface area contributed by atoms with Crippen molar-refractivity contribution in [3.8, 4) is 5.75 Å². The number of nitrogens with zero attached hydrogens (tertiary/aromatic N) is 1. The maximum atomic E-state index is 11.9. The summed E-state index contributed by atoms with van der Waals surface area (Å²) >= 11 is 5.98. The number of halogens is 1. The topological polar surface area (TPSA) is 54.8 Å². The number of H-pyrrole nitrogens is 1. The van der Waals surface area contributed by atoms with Crippen LogP contribution in [0, 0.1) is 0 Å². The van der Waals surface area contributed by atoms with Gasteiger partial charge in [0.2, 0.25) is 0 Å². The number of nitrogens with one attached hydrogen (secondary N) is 2. The number of para-hydroxylation sites is 2. The van der Waals surface area contributed by atoms with Crippen LogP contribution in [0.15, 0.2) is 42.5 Å². The van der Waals surface area contributed by atoms with E-state index in [1.807, 2.05) is 42.8 Å². The third-order valence-corrected chi connectivity index (χ3v) is 3.88. The van der Waals surface area contributed by atoms with E-state index in [0.717, 1.165) is 17.0 Å². The number of anilines is 1. The largest absolute Gasteiger partial charge is 0.872 e. The van der Waals surface area contributed by atoms with Gasteiger partial charge in [-0.25, -0.2) is 9.55 Å². The molecule has 0 aliphatic carbocycles. The zero-order chi connectivity index (χ0) is 15.0. The quantitative estimate of drug-likeness (QED) is 0.731. The Morgan fingerprint density at radius 2 is 2.00 bits per heavy atom. The number of benzene rings is 2. The Labute approximate surface area is 128 Å². The fourth-order valence-corrected chi connectivity index (χ4v) is 2.66. The second kappa shape index (κ2) is 5.30. The highest BCUT2D eigenvalue weighted by atomic mass is 35.5. The number of aromatic nitrogens is 2. The van der Waals surface area contributed by atoms with Crippen molar-refractivity contribution in [3.05, 3.63) is 53.1 Å². The van der Waals surface area contributed by atoms with Crippen LogP contribution in [-0.2, 0) is 7.05 Å². The first-order valence-corrected chi connectivity index (χ1v) is 7.14. The molecule has 3 aromatic rings. The molecule has 0 aliphatic heterocycles. The molecule has 1 aromatic heterocycles. The SMILES string of the molecule is CC(Nc1[nH]c2ccccc2[n+]1C)c1cc(Cl)ccc1[O-]. The van der Waals surface area contributed by atoms with Crippen LogP contribution in [-0.4, -0.2) is 4.98 Å². The molecule has 0 fully saturated rings. The van der Waals surface area contributed by atoms with Gasteiger partial charge in [-0.05, 0) is 36.8 Å². The van der Waals surface area contributed by atoms with Gasteiger partial charge in [0.15, 0.2) is 0 Å². The van der Waals surface area contributed by atoms with Gasteiger partial charge in [0.1, 0.15) is 11.0 Å². The van der Waals surface area contributed by atoms with Gasteiger partial charge in [0.05, 0.1) is 13.1 Å². The second-order valence-corrected chi connectivity index (χ2v) is 5.53. The number of fused-ring (bicyclic) bond motifs is 1. The average molecular weight is 302 g/mol. The number of aryl methyl sites for hydroxylation is 1. The van der Waals surface area contributed by atoms with Crippen LogP contribution in [0.4, 0.5) is 5.95 Å². The summed E-state index contributed by atoms with van der Waals surface area (Å²) in [5.74, 6) is 0.834. The fraction of sp³-hybridized carbons (Fsp3) is 0.188. The summed E-state index contributed by atoms with van der Waals surface area (Å²) in [7, 11) is 1.98. The number of rotatable bonds is 3. The van der Waals surface area contributed by atoms with E-state index in [1.165, 1.54) is 6.07 Å². The van der Waals surface area contributed by atoms with E-state index < -0.39 is 0 Å². The first-order valence-electron chi connectivity index (χ1n) is 6.76. The monoisotopic (exact) mass is 301 g/mol. The van der Waals surface area contributed by atoms with Crippen molar-refractivity contribution in [2.24, 2.45) is 7.05 Å². The Hall–Kier alpha value is -2.20. The summed E-state index contributed by atoms with van der Waals surface area (Å²) in [5.41, 5.74) is 2.80. The molecule has 21 heavy (non-hydrogen) atoms. The van der Waals surface area contributed by atoms with Gasteiger partial charge in [-0.1, -0.05) is 29.8 Å². The molecule has 1 heterocycles. The average Bonchev–Trinajstić information content (AvgIpc) is 2.78. The maximum Gasteiger partial charge on any atom is 0.356 e. The molecule has 3 rings (SSSR count). The van der Waals surface area contributed by atoms with Crippen LogP contribution >= 0.6 is 11.6 Å². The van der Waals surface area contributed by atoms with Crippen LogP contribution in [0.5, 0.6) is 5.75 Å². The van der Waals surface area contributed by atoms with Gasteiger partial charge in [0.25, 0.3) is 0 Å². The molecule has 0 bridgehead atoms. The van der Waals surface area contributed by atoms with Gasteiger partial charge in [-0.15, -0.1) is 5.75 Å². The molecule has 108 valence electrons. The van der Waals surface area contributed by atoms with Crippen molar-refractivity contribution in [2.75, 3.05) is 5.32 Å². The highest BCUT2D eigenvalue weighted by molar-refractivity contribution is 6.30. The Morgan fingerprint density at radius 3 is 2.76 bits per heavy atom. The molecule has 0 saturated carbocycles. The Bertz CT molecular complexity index is 797. The lowest BCUT2D eigenvalue weighted by molar-refractivity contribution is -0.630. The molecule has 5 heteroatoms. The summed E-state index contributed by atoms with van der Waals surface area (Å²) in [4.78, 5) is 3.32. The number of aromatic amines is 1. The third-order valence-electron chi connectivity index (χ3n) is 3.65. The van der Waals surface area contributed by atoms with E-state index in [2.05, 4.69) is 10.3 Å². The van der Waals surface area contributed by atoms with Crippen molar-refractivity contribution in [3.63, 3.8) is 0 Å². The molecule has 0 saturated heterocycles. The molecule has 2 N–H and O–H groups in total. The Morgan fingerprint density at radius 1 is 1.24 bits per heavy atom. The predicted octanol–water partition coefficient (Wildman–Crippen LogP) is 2.89. The minimum Gasteiger partial charge on any atom is -0.872 e. The van der Waals surface area contributed by atoms with Crippen LogP contribution in [0.1, 0.15) is 18.5 Å². The van der Waals surface area contributed by atoms with E-state index >= 15 is 0 Å². The number of hydrogen-bond donors (Lipinski definition) is 2. The van der Waals surface area contributed by atoms with Crippen LogP contribution in [0.3, 0.4) is 0 Å². The highest BCUT2D eigenvalue weighted by Gasteiger charge is 2.17. The maximum absolute atomic E-state index is 11.9. The van der Waals surface area contributed by atoms with E-state index in [-0.39, 0.29) is 11.8 Å². The zero-order valence-electron chi connectivity index (χ0n) is 11.9. The van der Waals surface area contributed by atoms with Crippen LogP contribution < -0.4 is 15.0 Å². The number of imidazole rings is 1. The summed E-state index contributed by atoms with van der Waals surface area (Å²) < 4.78 is 2.03. The lowest BCUT2D eigenvalue weighted by Crippen LogP contribution is -2.31. The molecule has 0 spiro atoms. The molecule has 1 unspecified atom stereocenters. The third kappa shape index (κ3) is 2.54. The van der Waals surface area contributed by atoms with Gasteiger partial charge in [-0.3, -0.25) is 5.32 Å². The van der Waals surface area contributed by atoms with Gasteiger partial charge in [-0.2, -0.15) is 0 Å². The highest BCUT2D eigenvalue weighted by Crippen LogP contribution is 2.27. The molecule has 4 nitrogen and oxygen atoms in total. The van der Waals surface area contributed by atoms with Crippen molar-refractivity contribution in [1.29, 1.82) is 0 Å². The first kappa shape index (κ1) is 13.8. The first-order chi connectivity index (χ1) is 10.1. The predicted molar refractivity (Wildman–Crippen MR) is 82.4 cm³/mol. The summed E-state index contributed by atoms with van der Waals surface area (Å²) in [6.07, 6.45) is 0. The molecule has 2 aromatic carbocycles. The molecule has 0 aliphatic rings. The minimum atomic E-state index is -0.143. The zero-order valence-corrected chi connectivity index (χ0v) is 12.6. The van der Waals surface area contributed by atoms with Gasteiger partial charge < -0.3 is 5.11 Å². The van der Waals surface area contributed by atoms with Gasteiger partial charge in [0, 0.05) is 5.02 Å². The van der Waals surface area contributed by atoms with E-state index in [4.69, 9.17) is 11.6 Å². The molecule has 0 amide bonds. The van der Waals surface area contributed by atoms with Crippen molar-refractivity contribution < 1.29 is 9.67 Å². The van der Waals surface area contributed by atoms with Crippen molar-refractivity contribution in [2.45, 2.75) is 13.0 Å². The van der Waals surface area contributed by atoms with Crippen LogP contribution in [0.25, 0.3) is 11.0 Å². The number of hydrogen-bond acceptors (Lipinski definition) is 2. The van der Waals surface area contributed by atoms with Crippen molar-refractivity contribution >= 4 is 28.6 Å². The smallest absolute Gasteiger partial charge is 0.356 e. The van der Waals surface area contributed by atoms with E-state index in [1.54, 1.807) is 12.1 Å². The Kier molecular flexibility index (Phi) is 3.47. The standard InChI is InChI=1S/C16H16ClN3O/c1-10(12-9-11(17)7-8-15(12)21)18-16-19-13-5-3-4-6-14(13)20(16)2/h3-10H,1-2H3,(H2,18,19,21). The van der Waals surface area contributed by atoms with E-state index in [9.17, 15) is 5.11 Å². The summed E-state index contributed by atoms with van der Waals surface area (Å²) in [5, 5.41) is 15.8. The molecule has 0 radical (unpaired) electrons. The normalized spacial score (nSPS) is 12.5. The minimum absolute atomic E-state index is 0.0156. The van der Waals surface area contributed by atoms with E-state index in [0.29, 0.717) is 10.6 Å². The lowest BCUT2D eigenvalue weighted by atomic mass is 10.1. The fourth-order valence-electron chi connectivity index (χ4n) is 2.48. The van der Waals surface area contributed by atoms with Crippen LogP contribution in [0.2, 0.25) is 5.02 Å². The lowest BCUT2D eigenvalue weighted by Gasteiger charge is -2.18. The molecule has 1 atom stereocenters. The Balaban J connectivity index is 1.94.